The highest BCUT2D eigenvalue weighted by Gasteiger charge is 2.09. The third-order valence-corrected chi connectivity index (χ3v) is 4.38. The van der Waals surface area contributed by atoms with Crippen molar-refractivity contribution in [2.45, 2.75) is 51.1 Å². The van der Waals surface area contributed by atoms with E-state index in [1.165, 1.54) is 6.07 Å². The molecule has 0 saturated heterocycles. The third kappa shape index (κ3) is 7.47. The zero-order valence-corrected chi connectivity index (χ0v) is 15.2. The minimum atomic E-state index is -3.68. The first-order valence-corrected chi connectivity index (χ1v) is 9.36. The number of hydrogen-bond acceptors (Lipinski definition) is 3. The molecule has 4 N–H and O–H groups in total. The Morgan fingerprint density at radius 3 is 2.52 bits per heavy atom. The summed E-state index contributed by atoms with van der Waals surface area (Å²) in [6.07, 6.45) is 2.22. The Balaban J connectivity index is 2.58. The molecule has 0 fully saturated rings. The maximum atomic E-state index is 11.4. The van der Waals surface area contributed by atoms with Gasteiger partial charge in [0.2, 0.25) is 10.0 Å². The molecule has 0 heterocycles. The molecule has 1 aromatic rings. The van der Waals surface area contributed by atoms with Crippen molar-refractivity contribution in [3.05, 3.63) is 29.8 Å². The first-order chi connectivity index (χ1) is 10.7. The molecule has 0 aromatic heterocycles. The quantitative estimate of drug-likeness (QED) is 0.521. The molecule has 1 atom stereocenters. The summed E-state index contributed by atoms with van der Waals surface area (Å²) in [5.74, 6) is 1.37. The monoisotopic (exact) mass is 340 g/mol. The summed E-state index contributed by atoms with van der Waals surface area (Å²) in [6, 6.07) is 6.90. The van der Waals surface area contributed by atoms with Gasteiger partial charge in [-0.25, -0.2) is 13.6 Å². The lowest BCUT2D eigenvalue weighted by Gasteiger charge is -2.18. The number of rotatable bonds is 7. The summed E-state index contributed by atoms with van der Waals surface area (Å²) >= 11 is 0. The molecular weight excluding hydrogens is 312 g/mol. The zero-order chi connectivity index (χ0) is 17.5. The van der Waals surface area contributed by atoms with Crippen LogP contribution in [-0.4, -0.2) is 27.5 Å². The van der Waals surface area contributed by atoms with E-state index in [1.807, 2.05) is 6.07 Å². The van der Waals surface area contributed by atoms with Gasteiger partial charge in [0, 0.05) is 19.6 Å². The average Bonchev–Trinajstić information content (AvgIpc) is 2.48. The number of nitrogens with two attached hydrogens (primary N) is 1. The van der Waals surface area contributed by atoms with Crippen molar-refractivity contribution in [3.63, 3.8) is 0 Å². The zero-order valence-electron chi connectivity index (χ0n) is 14.3. The van der Waals surface area contributed by atoms with Gasteiger partial charge in [0.15, 0.2) is 5.96 Å². The minimum Gasteiger partial charge on any atom is -0.354 e. The van der Waals surface area contributed by atoms with Gasteiger partial charge in [-0.2, -0.15) is 0 Å². The summed E-state index contributed by atoms with van der Waals surface area (Å²) in [6.45, 7) is 7.01. The van der Waals surface area contributed by atoms with Crippen molar-refractivity contribution >= 4 is 16.0 Å². The lowest BCUT2D eigenvalue weighted by molar-refractivity contribution is 0.489. The molecule has 1 aromatic carbocycles. The number of sulfonamides is 1. The number of hydrogen-bond donors (Lipinski definition) is 3. The van der Waals surface area contributed by atoms with Crippen LogP contribution in [0.15, 0.2) is 34.2 Å². The molecule has 0 saturated carbocycles. The highest BCUT2D eigenvalue weighted by atomic mass is 32.2. The summed E-state index contributed by atoms with van der Waals surface area (Å²) in [5.41, 5.74) is 0.828. The Hall–Kier alpha value is -1.60. The molecule has 0 aliphatic rings. The molecular formula is C16H28N4O2S. The predicted molar refractivity (Wildman–Crippen MR) is 94.7 cm³/mol. The molecule has 0 aliphatic carbocycles. The molecule has 23 heavy (non-hydrogen) atoms. The lowest BCUT2D eigenvalue weighted by atomic mass is 10.0. The highest BCUT2D eigenvalue weighted by Crippen LogP contribution is 2.10. The van der Waals surface area contributed by atoms with Crippen molar-refractivity contribution in [3.8, 4) is 0 Å². The van der Waals surface area contributed by atoms with E-state index in [4.69, 9.17) is 5.14 Å². The van der Waals surface area contributed by atoms with E-state index in [0.29, 0.717) is 24.5 Å². The Morgan fingerprint density at radius 1 is 1.26 bits per heavy atom. The number of primary sulfonamides is 1. The second-order valence-corrected chi connectivity index (χ2v) is 7.70. The number of aliphatic imine (C=N–C) groups is 1. The molecule has 1 unspecified atom stereocenters. The van der Waals surface area contributed by atoms with Crippen LogP contribution in [0.25, 0.3) is 0 Å². The van der Waals surface area contributed by atoms with Crippen LogP contribution in [0.3, 0.4) is 0 Å². The van der Waals surface area contributed by atoms with Crippen molar-refractivity contribution in [2.24, 2.45) is 16.0 Å². The van der Waals surface area contributed by atoms with E-state index in [1.54, 1.807) is 19.2 Å². The van der Waals surface area contributed by atoms with Gasteiger partial charge in [0.25, 0.3) is 0 Å². The van der Waals surface area contributed by atoms with E-state index >= 15 is 0 Å². The SMILES string of the molecule is CN=C(NCc1cccc(S(N)(=O)=O)c1)NC(C)CCC(C)C. The number of guanidine groups is 1. The summed E-state index contributed by atoms with van der Waals surface area (Å²) in [4.78, 5) is 4.31. The first kappa shape index (κ1) is 19.4. The van der Waals surface area contributed by atoms with Crippen LogP contribution in [0.5, 0.6) is 0 Å². The normalized spacial score (nSPS) is 13.9. The first-order valence-electron chi connectivity index (χ1n) is 7.81. The smallest absolute Gasteiger partial charge is 0.238 e. The van der Waals surface area contributed by atoms with Crippen molar-refractivity contribution in [1.82, 2.24) is 10.6 Å². The Labute approximate surface area is 139 Å². The van der Waals surface area contributed by atoms with Crippen molar-refractivity contribution in [2.75, 3.05) is 7.05 Å². The molecule has 7 heteroatoms. The van der Waals surface area contributed by atoms with Crippen molar-refractivity contribution in [1.29, 1.82) is 0 Å². The lowest BCUT2D eigenvalue weighted by Crippen LogP contribution is -2.41. The minimum absolute atomic E-state index is 0.116. The molecule has 6 nitrogen and oxygen atoms in total. The summed E-state index contributed by atoms with van der Waals surface area (Å²) < 4.78 is 22.7. The van der Waals surface area contributed by atoms with Crippen LogP contribution < -0.4 is 15.8 Å². The Kier molecular flexibility index (Phi) is 7.51. The number of benzene rings is 1. The van der Waals surface area contributed by atoms with Crippen LogP contribution in [0.4, 0.5) is 0 Å². The van der Waals surface area contributed by atoms with Crippen LogP contribution >= 0.6 is 0 Å². The van der Waals surface area contributed by atoms with E-state index in [2.05, 4.69) is 36.4 Å². The van der Waals surface area contributed by atoms with Crippen LogP contribution in [0.2, 0.25) is 0 Å². The largest absolute Gasteiger partial charge is 0.354 e. The standard InChI is InChI=1S/C16H28N4O2S/c1-12(2)8-9-13(3)20-16(18-4)19-11-14-6-5-7-15(10-14)23(17,21)22/h5-7,10,12-13H,8-9,11H2,1-4H3,(H2,17,21,22)(H2,18,19,20). The second kappa shape index (κ2) is 8.88. The number of nitrogens with one attached hydrogen (secondary N) is 2. The fourth-order valence-electron chi connectivity index (χ4n) is 2.10. The van der Waals surface area contributed by atoms with Gasteiger partial charge in [0.1, 0.15) is 0 Å². The molecule has 0 bridgehead atoms. The molecule has 1 rings (SSSR count). The van der Waals surface area contributed by atoms with Gasteiger partial charge in [-0.05, 0) is 43.4 Å². The maximum absolute atomic E-state index is 11.4. The molecule has 0 spiro atoms. The predicted octanol–water partition coefficient (Wildman–Crippen LogP) is 1.82. The van der Waals surface area contributed by atoms with E-state index < -0.39 is 10.0 Å². The van der Waals surface area contributed by atoms with E-state index in [0.717, 1.165) is 18.4 Å². The molecule has 130 valence electrons. The fourth-order valence-corrected chi connectivity index (χ4v) is 2.69. The molecule has 0 aliphatic heterocycles. The molecule has 0 amide bonds. The van der Waals surface area contributed by atoms with Crippen LogP contribution in [0, 0.1) is 5.92 Å². The summed E-state index contributed by atoms with van der Waals surface area (Å²) in [7, 11) is -1.96. The van der Waals surface area contributed by atoms with Gasteiger partial charge in [-0.1, -0.05) is 26.0 Å². The van der Waals surface area contributed by atoms with Gasteiger partial charge < -0.3 is 10.6 Å². The Bertz CT molecular complexity index is 627. The van der Waals surface area contributed by atoms with Gasteiger partial charge in [-0.3, -0.25) is 4.99 Å². The summed E-state index contributed by atoms with van der Waals surface area (Å²) in [5, 5.41) is 11.7. The van der Waals surface area contributed by atoms with Crippen LogP contribution in [0.1, 0.15) is 39.2 Å². The van der Waals surface area contributed by atoms with E-state index in [-0.39, 0.29) is 4.90 Å². The van der Waals surface area contributed by atoms with Gasteiger partial charge >= 0.3 is 0 Å². The van der Waals surface area contributed by atoms with E-state index in [9.17, 15) is 8.42 Å². The highest BCUT2D eigenvalue weighted by molar-refractivity contribution is 7.89. The average molecular weight is 340 g/mol. The van der Waals surface area contributed by atoms with Crippen molar-refractivity contribution < 1.29 is 8.42 Å². The number of nitrogens with zero attached hydrogens (tertiary/aromatic N) is 1. The Morgan fingerprint density at radius 2 is 1.96 bits per heavy atom. The topological polar surface area (TPSA) is 96.6 Å². The third-order valence-electron chi connectivity index (χ3n) is 3.47. The maximum Gasteiger partial charge on any atom is 0.238 e. The van der Waals surface area contributed by atoms with Crippen LogP contribution in [-0.2, 0) is 16.6 Å². The molecule has 0 radical (unpaired) electrons. The van der Waals surface area contributed by atoms with Gasteiger partial charge in [0.05, 0.1) is 4.90 Å². The second-order valence-electron chi connectivity index (χ2n) is 6.13. The van der Waals surface area contributed by atoms with Gasteiger partial charge in [-0.15, -0.1) is 0 Å². The fraction of sp³-hybridized carbons (Fsp3) is 0.562.